The lowest BCUT2D eigenvalue weighted by Crippen LogP contribution is -2.19. The van der Waals surface area contributed by atoms with Crippen LogP contribution >= 0.6 is 23.8 Å². The number of rotatable bonds is 5. The molecular weight excluding hydrogens is 356 g/mol. The number of aromatic nitrogens is 2. The van der Waals surface area contributed by atoms with Crippen molar-refractivity contribution in [1.29, 1.82) is 0 Å². The van der Waals surface area contributed by atoms with Crippen molar-refractivity contribution in [2.45, 2.75) is 6.54 Å². The summed E-state index contributed by atoms with van der Waals surface area (Å²) in [6.45, 7) is 0.637. The Morgan fingerprint density at radius 2 is 2.00 bits per heavy atom. The Bertz CT molecular complexity index is 881. The number of methoxy groups -OCH3 is 1. The summed E-state index contributed by atoms with van der Waals surface area (Å²) in [7, 11) is 1.63. The number of nitrogens with one attached hydrogen (secondary N) is 2. The minimum absolute atomic E-state index is 0.459. The van der Waals surface area contributed by atoms with E-state index in [4.69, 9.17) is 28.6 Å². The van der Waals surface area contributed by atoms with Gasteiger partial charge >= 0.3 is 0 Å². The molecule has 0 bridgehead atoms. The SMILES string of the molecule is COc1cccc(NC(=S)Nc2ccn(Cc3cccc(Cl)c3)n2)c1. The van der Waals surface area contributed by atoms with Crippen molar-refractivity contribution in [2.75, 3.05) is 17.7 Å². The summed E-state index contributed by atoms with van der Waals surface area (Å²) in [5.41, 5.74) is 1.93. The number of ether oxygens (including phenoxy) is 1. The van der Waals surface area contributed by atoms with Gasteiger partial charge < -0.3 is 15.4 Å². The highest BCUT2D eigenvalue weighted by Gasteiger charge is 2.04. The molecule has 2 N–H and O–H groups in total. The van der Waals surface area contributed by atoms with E-state index in [1.54, 1.807) is 7.11 Å². The molecule has 0 unspecified atom stereocenters. The van der Waals surface area contributed by atoms with Gasteiger partial charge in [-0.2, -0.15) is 5.10 Å². The first-order valence-electron chi connectivity index (χ1n) is 7.62. The second-order valence-electron chi connectivity index (χ2n) is 5.34. The molecule has 0 saturated heterocycles. The molecule has 128 valence electrons. The molecule has 0 fully saturated rings. The standard InChI is InChI=1S/C18H17ClN4OS/c1-24-16-7-3-6-15(11-16)20-18(25)21-17-8-9-23(22-17)12-13-4-2-5-14(19)10-13/h2-11H,12H2,1H3,(H2,20,21,22,25). The minimum Gasteiger partial charge on any atom is -0.497 e. The number of halogens is 1. The highest BCUT2D eigenvalue weighted by molar-refractivity contribution is 7.80. The first-order chi connectivity index (χ1) is 12.1. The van der Waals surface area contributed by atoms with Gasteiger partial charge in [-0.1, -0.05) is 29.8 Å². The molecule has 0 amide bonds. The summed E-state index contributed by atoms with van der Waals surface area (Å²) in [4.78, 5) is 0. The molecule has 0 aliphatic carbocycles. The maximum atomic E-state index is 6.01. The topological polar surface area (TPSA) is 51.1 Å². The van der Waals surface area contributed by atoms with Crippen LogP contribution in [0.1, 0.15) is 5.56 Å². The predicted octanol–water partition coefficient (Wildman–Crippen LogP) is 4.40. The quantitative estimate of drug-likeness (QED) is 0.650. The third-order valence-electron chi connectivity index (χ3n) is 3.44. The fourth-order valence-corrected chi connectivity index (χ4v) is 2.75. The first-order valence-corrected chi connectivity index (χ1v) is 8.41. The van der Waals surface area contributed by atoms with E-state index in [-0.39, 0.29) is 0 Å². The van der Waals surface area contributed by atoms with Gasteiger partial charge in [-0.05, 0) is 42.0 Å². The fourth-order valence-electron chi connectivity index (χ4n) is 2.32. The first kappa shape index (κ1) is 17.3. The van der Waals surface area contributed by atoms with Gasteiger partial charge in [0, 0.05) is 29.0 Å². The number of thiocarbonyl (C=S) groups is 1. The van der Waals surface area contributed by atoms with E-state index in [1.165, 1.54) is 0 Å². The maximum Gasteiger partial charge on any atom is 0.176 e. The third kappa shape index (κ3) is 4.95. The Hall–Kier alpha value is -2.57. The van der Waals surface area contributed by atoms with Crippen LogP contribution in [-0.4, -0.2) is 22.0 Å². The molecule has 1 aromatic heterocycles. The zero-order valence-corrected chi connectivity index (χ0v) is 15.1. The summed E-state index contributed by atoms with van der Waals surface area (Å²) < 4.78 is 7.02. The van der Waals surface area contributed by atoms with Crippen LogP contribution < -0.4 is 15.4 Å². The second-order valence-corrected chi connectivity index (χ2v) is 6.18. The highest BCUT2D eigenvalue weighted by Crippen LogP contribution is 2.17. The van der Waals surface area contributed by atoms with E-state index in [2.05, 4.69) is 15.7 Å². The summed E-state index contributed by atoms with van der Waals surface area (Å²) in [5, 5.41) is 11.8. The van der Waals surface area contributed by atoms with Gasteiger partial charge in [0.25, 0.3) is 0 Å². The zero-order valence-electron chi connectivity index (χ0n) is 13.6. The van der Waals surface area contributed by atoms with Crippen molar-refractivity contribution in [3.8, 4) is 5.75 Å². The number of hydrogen-bond donors (Lipinski definition) is 2. The van der Waals surface area contributed by atoms with Gasteiger partial charge in [0.05, 0.1) is 13.7 Å². The van der Waals surface area contributed by atoms with Crippen molar-refractivity contribution < 1.29 is 4.74 Å². The fraction of sp³-hybridized carbons (Fsp3) is 0.111. The molecule has 5 nitrogen and oxygen atoms in total. The zero-order chi connectivity index (χ0) is 17.6. The Labute approximate surface area is 156 Å². The maximum absolute atomic E-state index is 6.01. The lowest BCUT2D eigenvalue weighted by atomic mass is 10.2. The number of anilines is 2. The molecule has 0 spiro atoms. The van der Waals surface area contributed by atoms with Gasteiger partial charge in [0.15, 0.2) is 10.9 Å². The summed E-state index contributed by atoms with van der Waals surface area (Å²) in [6.07, 6.45) is 1.89. The van der Waals surface area contributed by atoms with Crippen LogP contribution in [-0.2, 0) is 6.54 Å². The predicted molar refractivity (Wildman–Crippen MR) is 106 cm³/mol. The van der Waals surface area contributed by atoms with Gasteiger partial charge in [-0.3, -0.25) is 4.68 Å². The smallest absolute Gasteiger partial charge is 0.176 e. The van der Waals surface area contributed by atoms with E-state index < -0.39 is 0 Å². The monoisotopic (exact) mass is 372 g/mol. The molecule has 0 radical (unpaired) electrons. The van der Waals surface area contributed by atoms with Crippen LogP contribution in [0.25, 0.3) is 0 Å². The molecule has 7 heteroatoms. The lowest BCUT2D eigenvalue weighted by molar-refractivity contribution is 0.415. The molecule has 25 heavy (non-hydrogen) atoms. The molecule has 0 aliphatic heterocycles. The summed E-state index contributed by atoms with van der Waals surface area (Å²) in [6, 6.07) is 17.1. The van der Waals surface area contributed by atoms with Gasteiger partial charge in [0.2, 0.25) is 0 Å². The van der Waals surface area contributed by atoms with Crippen LogP contribution in [0.5, 0.6) is 5.75 Å². The molecular formula is C18H17ClN4OS. The summed E-state index contributed by atoms with van der Waals surface area (Å²) in [5.74, 6) is 1.43. The van der Waals surface area contributed by atoms with Crippen LogP contribution in [0.3, 0.4) is 0 Å². The molecule has 0 saturated carbocycles. The second kappa shape index (κ2) is 8.00. The largest absolute Gasteiger partial charge is 0.497 e. The van der Waals surface area contributed by atoms with Crippen molar-refractivity contribution in [2.24, 2.45) is 0 Å². The average Bonchev–Trinajstić information content (AvgIpc) is 3.01. The van der Waals surface area contributed by atoms with Gasteiger partial charge in [0.1, 0.15) is 5.75 Å². The minimum atomic E-state index is 0.459. The van der Waals surface area contributed by atoms with E-state index in [1.807, 2.05) is 65.5 Å². The molecule has 0 atom stereocenters. The van der Waals surface area contributed by atoms with Crippen LogP contribution in [0.15, 0.2) is 60.8 Å². The van der Waals surface area contributed by atoms with E-state index in [0.29, 0.717) is 22.5 Å². The van der Waals surface area contributed by atoms with Crippen LogP contribution in [0.2, 0.25) is 5.02 Å². The summed E-state index contributed by atoms with van der Waals surface area (Å²) >= 11 is 11.3. The number of benzene rings is 2. The Morgan fingerprint density at radius 3 is 2.80 bits per heavy atom. The molecule has 0 aliphatic rings. The Morgan fingerprint density at radius 1 is 1.16 bits per heavy atom. The number of nitrogens with zero attached hydrogens (tertiary/aromatic N) is 2. The lowest BCUT2D eigenvalue weighted by Gasteiger charge is -2.09. The van der Waals surface area contributed by atoms with Crippen molar-refractivity contribution in [3.05, 3.63) is 71.4 Å². The Kier molecular flexibility index (Phi) is 5.53. The van der Waals surface area contributed by atoms with Crippen LogP contribution in [0.4, 0.5) is 11.5 Å². The Balaban J connectivity index is 1.59. The third-order valence-corrected chi connectivity index (χ3v) is 3.88. The van der Waals surface area contributed by atoms with Crippen molar-refractivity contribution in [3.63, 3.8) is 0 Å². The average molecular weight is 373 g/mol. The molecule has 3 rings (SSSR count). The van der Waals surface area contributed by atoms with E-state index in [9.17, 15) is 0 Å². The molecule has 1 heterocycles. The molecule has 3 aromatic rings. The van der Waals surface area contributed by atoms with Gasteiger partial charge in [-0.15, -0.1) is 0 Å². The van der Waals surface area contributed by atoms with Gasteiger partial charge in [-0.25, -0.2) is 0 Å². The van der Waals surface area contributed by atoms with E-state index >= 15 is 0 Å². The number of hydrogen-bond acceptors (Lipinski definition) is 3. The van der Waals surface area contributed by atoms with E-state index in [0.717, 1.165) is 17.0 Å². The normalized spacial score (nSPS) is 10.3. The van der Waals surface area contributed by atoms with Crippen molar-refractivity contribution >= 4 is 40.4 Å². The van der Waals surface area contributed by atoms with Crippen molar-refractivity contribution in [1.82, 2.24) is 9.78 Å². The highest BCUT2D eigenvalue weighted by atomic mass is 35.5. The van der Waals surface area contributed by atoms with Crippen LogP contribution in [0, 0.1) is 0 Å². The molecule has 2 aromatic carbocycles.